The van der Waals surface area contributed by atoms with Crippen LogP contribution < -0.4 is 0 Å². The quantitative estimate of drug-likeness (QED) is 0.622. The van der Waals surface area contributed by atoms with Crippen LogP contribution in [0.15, 0.2) is 73.2 Å². The van der Waals surface area contributed by atoms with Gasteiger partial charge in [-0.25, -0.2) is 4.98 Å². The predicted octanol–water partition coefficient (Wildman–Crippen LogP) is 2.69. The Bertz CT molecular complexity index is 1070. The van der Waals surface area contributed by atoms with Crippen LogP contribution in [0.3, 0.4) is 0 Å². The molecule has 1 unspecified atom stereocenters. The van der Waals surface area contributed by atoms with Crippen molar-refractivity contribution in [1.82, 2.24) is 19.8 Å². The summed E-state index contributed by atoms with van der Waals surface area (Å²) in [7, 11) is 3.41. The zero-order valence-corrected chi connectivity index (χ0v) is 18.3. The number of amides is 2. The molecule has 1 fully saturated rings. The number of ether oxygens (including phenoxy) is 1. The minimum absolute atomic E-state index is 0.153. The molecule has 2 aromatic carbocycles. The molecule has 7 nitrogen and oxygen atoms in total. The highest BCUT2D eigenvalue weighted by Crippen LogP contribution is 2.28. The molecule has 0 bridgehead atoms. The Morgan fingerprint density at radius 1 is 1.03 bits per heavy atom. The number of carbonyl (C=O) groups is 2. The molecule has 4 rings (SSSR count). The average Bonchev–Trinajstić information content (AvgIpc) is 2.84. The van der Waals surface area contributed by atoms with E-state index in [1.54, 1.807) is 19.0 Å². The summed E-state index contributed by atoms with van der Waals surface area (Å²) in [6.07, 6.45) is 4.81. The van der Waals surface area contributed by atoms with E-state index >= 15 is 0 Å². The van der Waals surface area contributed by atoms with E-state index in [0.29, 0.717) is 13.0 Å². The average molecular weight is 431 g/mol. The third-order valence-corrected chi connectivity index (χ3v) is 5.60. The Morgan fingerprint density at radius 2 is 1.75 bits per heavy atom. The van der Waals surface area contributed by atoms with Gasteiger partial charge >= 0.3 is 0 Å². The van der Waals surface area contributed by atoms with Gasteiger partial charge in [0.1, 0.15) is 5.69 Å². The molecule has 0 N–H and O–H groups in total. The van der Waals surface area contributed by atoms with Crippen LogP contribution in [0.2, 0.25) is 0 Å². The Kier molecular flexibility index (Phi) is 6.28. The predicted molar refractivity (Wildman–Crippen MR) is 121 cm³/mol. The number of aromatic nitrogens is 2. The van der Waals surface area contributed by atoms with Crippen molar-refractivity contribution >= 4 is 11.8 Å². The maximum Gasteiger partial charge on any atom is 0.274 e. The Hall–Kier alpha value is -3.58. The lowest BCUT2D eigenvalue weighted by atomic mass is 9.90. The summed E-state index contributed by atoms with van der Waals surface area (Å²) in [5.41, 5.74) is 2.30. The Balaban J connectivity index is 1.59. The van der Waals surface area contributed by atoms with Crippen molar-refractivity contribution in [3.05, 3.63) is 84.4 Å². The number of likely N-dealkylation sites (N-methyl/N-ethyl adjacent to an activating group) is 1. The number of benzene rings is 2. The zero-order chi connectivity index (χ0) is 22.6. The highest BCUT2D eigenvalue weighted by molar-refractivity contribution is 5.93. The molecular weight excluding hydrogens is 404 g/mol. The van der Waals surface area contributed by atoms with Gasteiger partial charge in [0, 0.05) is 39.5 Å². The first-order valence-electron chi connectivity index (χ1n) is 10.5. The lowest BCUT2D eigenvalue weighted by molar-refractivity contribution is -0.165. The molecule has 1 saturated heterocycles. The topological polar surface area (TPSA) is 75.6 Å². The van der Waals surface area contributed by atoms with Crippen molar-refractivity contribution in [1.29, 1.82) is 0 Å². The number of hydrogen-bond acceptors (Lipinski definition) is 5. The van der Waals surface area contributed by atoms with Crippen molar-refractivity contribution < 1.29 is 14.3 Å². The van der Waals surface area contributed by atoms with Crippen molar-refractivity contribution in [2.75, 3.05) is 33.8 Å². The summed E-state index contributed by atoms with van der Waals surface area (Å²) < 4.78 is 6.10. The van der Waals surface area contributed by atoms with Crippen molar-refractivity contribution in [3.8, 4) is 11.1 Å². The number of rotatable bonds is 5. The molecule has 0 spiro atoms. The van der Waals surface area contributed by atoms with Gasteiger partial charge in [-0.1, -0.05) is 54.6 Å². The molecule has 164 valence electrons. The minimum Gasteiger partial charge on any atom is -0.361 e. The van der Waals surface area contributed by atoms with E-state index in [1.807, 2.05) is 42.5 Å². The molecule has 0 aliphatic carbocycles. The van der Waals surface area contributed by atoms with Crippen LogP contribution in [-0.2, 0) is 16.0 Å². The summed E-state index contributed by atoms with van der Waals surface area (Å²) >= 11 is 0. The molecular formula is C25H26N4O3. The third kappa shape index (κ3) is 4.53. The molecule has 1 atom stereocenters. The van der Waals surface area contributed by atoms with E-state index in [9.17, 15) is 9.59 Å². The first-order chi connectivity index (χ1) is 15.5. The summed E-state index contributed by atoms with van der Waals surface area (Å²) in [5, 5.41) is 0. The molecule has 0 saturated carbocycles. The smallest absolute Gasteiger partial charge is 0.274 e. The van der Waals surface area contributed by atoms with Gasteiger partial charge < -0.3 is 14.5 Å². The molecule has 2 amide bonds. The molecule has 7 heteroatoms. The highest BCUT2D eigenvalue weighted by Gasteiger charge is 2.46. The number of carbonyl (C=O) groups excluding carboxylic acids is 2. The number of nitrogens with zero attached hydrogens (tertiary/aromatic N) is 4. The van der Waals surface area contributed by atoms with Crippen LogP contribution in [-0.4, -0.2) is 71.0 Å². The van der Waals surface area contributed by atoms with Crippen LogP contribution >= 0.6 is 0 Å². The van der Waals surface area contributed by atoms with Gasteiger partial charge in [-0.2, -0.15) is 0 Å². The summed E-state index contributed by atoms with van der Waals surface area (Å²) in [6, 6.07) is 18.2. The van der Waals surface area contributed by atoms with Gasteiger partial charge in [0.15, 0.2) is 5.60 Å². The SMILES string of the molecule is CN(C)C(=O)C1(Cc2ccc(-c3ccccc3)cc2)CN(C(=O)c2cnccn2)CCO1. The van der Waals surface area contributed by atoms with Crippen molar-refractivity contribution in [2.45, 2.75) is 12.0 Å². The Labute approximate surface area is 187 Å². The fraction of sp³-hybridized carbons (Fsp3) is 0.280. The first-order valence-corrected chi connectivity index (χ1v) is 10.5. The van der Waals surface area contributed by atoms with Crippen LogP contribution in [0.1, 0.15) is 16.1 Å². The van der Waals surface area contributed by atoms with E-state index < -0.39 is 5.60 Å². The lowest BCUT2D eigenvalue weighted by Crippen LogP contribution is -2.61. The lowest BCUT2D eigenvalue weighted by Gasteiger charge is -2.42. The largest absolute Gasteiger partial charge is 0.361 e. The molecule has 1 aliphatic rings. The van der Waals surface area contributed by atoms with E-state index in [4.69, 9.17) is 4.74 Å². The Morgan fingerprint density at radius 3 is 2.41 bits per heavy atom. The second kappa shape index (κ2) is 9.28. The van der Waals surface area contributed by atoms with Crippen LogP contribution in [0.5, 0.6) is 0 Å². The molecule has 0 radical (unpaired) electrons. The molecule has 3 aromatic rings. The standard InChI is InChI=1S/C25H26N4O3/c1-28(2)24(31)25(16-19-8-10-21(11-9-19)20-6-4-3-5-7-20)18-29(14-15-32-25)23(30)22-17-26-12-13-27-22/h3-13,17H,14-16,18H2,1-2H3. The summed E-state index contributed by atoms with van der Waals surface area (Å²) in [5.74, 6) is -0.418. The molecule has 32 heavy (non-hydrogen) atoms. The molecule has 2 heterocycles. The van der Waals surface area contributed by atoms with Crippen LogP contribution in [0.25, 0.3) is 11.1 Å². The fourth-order valence-electron chi connectivity index (χ4n) is 4.02. The van der Waals surface area contributed by atoms with Crippen LogP contribution in [0.4, 0.5) is 0 Å². The molecule has 1 aliphatic heterocycles. The summed E-state index contributed by atoms with van der Waals surface area (Å²) in [4.78, 5) is 37.5. The van der Waals surface area contributed by atoms with Gasteiger partial charge in [-0.3, -0.25) is 14.6 Å². The first kappa shape index (κ1) is 21.6. The van der Waals surface area contributed by atoms with E-state index in [-0.39, 0.29) is 30.7 Å². The third-order valence-electron chi connectivity index (χ3n) is 5.60. The summed E-state index contributed by atoms with van der Waals surface area (Å²) in [6.45, 7) is 0.818. The van der Waals surface area contributed by atoms with E-state index in [2.05, 4.69) is 22.1 Å². The number of hydrogen-bond donors (Lipinski definition) is 0. The highest BCUT2D eigenvalue weighted by atomic mass is 16.5. The van der Waals surface area contributed by atoms with Gasteiger partial charge in [0.2, 0.25) is 0 Å². The normalized spacial score (nSPS) is 18.2. The minimum atomic E-state index is -1.16. The zero-order valence-electron chi connectivity index (χ0n) is 18.3. The number of morpholine rings is 1. The van der Waals surface area contributed by atoms with Crippen LogP contribution in [0, 0.1) is 0 Å². The van der Waals surface area contributed by atoms with Gasteiger partial charge in [0.05, 0.1) is 19.3 Å². The van der Waals surface area contributed by atoms with E-state index in [0.717, 1.165) is 16.7 Å². The van der Waals surface area contributed by atoms with E-state index in [1.165, 1.54) is 23.5 Å². The fourth-order valence-corrected chi connectivity index (χ4v) is 4.02. The van der Waals surface area contributed by atoms with Gasteiger partial charge in [0.25, 0.3) is 11.8 Å². The van der Waals surface area contributed by atoms with Gasteiger partial charge in [-0.05, 0) is 16.7 Å². The maximum atomic E-state index is 13.3. The monoisotopic (exact) mass is 430 g/mol. The second-order valence-electron chi connectivity index (χ2n) is 8.10. The second-order valence-corrected chi connectivity index (χ2v) is 8.10. The maximum absolute atomic E-state index is 13.3. The van der Waals surface area contributed by atoms with Crippen molar-refractivity contribution in [2.24, 2.45) is 0 Å². The molecule has 1 aromatic heterocycles. The van der Waals surface area contributed by atoms with Gasteiger partial charge in [-0.15, -0.1) is 0 Å². The van der Waals surface area contributed by atoms with Crippen molar-refractivity contribution in [3.63, 3.8) is 0 Å².